The normalized spacial score (nSPS) is 55.2. The summed E-state index contributed by atoms with van der Waals surface area (Å²) in [5, 5.41) is 11.4. The Kier molecular flexibility index (Phi) is 3.89. The van der Waals surface area contributed by atoms with Crippen LogP contribution in [0.2, 0.25) is 0 Å². The van der Waals surface area contributed by atoms with Gasteiger partial charge in [0.25, 0.3) is 0 Å². The van der Waals surface area contributed by atoms with Gasteiger partial charge in [0, 0.05) is 23.7 Å². The van der Waals surface area contributed by atoms with Crippen LogP contribution in [0.3, 0.4) is 0 Å². The lowest BCUT2D eigenvalue weighted by molar-refractivity contribution is -0.228. The standard InChI is InChI=1S/C25H36O5/c1-14(26)30-21-12-18-16(11-20(27)25-13-15(25)7-8-22(18,25)2)17-5-6-19(23(17,21)3)24(4)28-9-10-29-24/h5,15-16,18-21,27H,6-13H2,1-4H3/t15-,16-,18-,19-,20+,21+,22+,23-,25-/m0/s1. The maximum atomic E-state index is 12.2. The van der Waals surface area contributed by atoms with Crippen LogP contribution in [-0.4, -0.2) is 42.3 Å². The fourth-order valence-corrected chi connectivity index (χ4v) is 9.47. The minimum absolute atomic E-state index is 0.116. The molecule has 0 aromatic carbocycles. The molecule has 1 heterocycles. The Bertz CT molecular complexity index is 814. The molecule has 1 N–H and O–H groups in total. The molecule has 0 aromatic heterocycles. The third-order valence-electron chi connectivity index (χ3n) is 10.9. The smallest absolute Gasteiger partial charge is 0.302 e. The number of esters is 1. The van der Waals surface area contributed by atoms with Crippen LogP contribution >= 0.6 is 0 Å². The SMILES string of the molecule is CC(=O)O[C@@H]1C[C@H]2[C@@H](C[C@@H](O)[C@]34C[C@@H]3CC[C@]24C)C2=CC[C@H](C3(C)OCCO3)[C@]21C. The van der Waals surface area contributed by atoms with Crippen molar-refractivity contribution in [2.45, 2.75) is 84.2 Å². The van der Waals surface area contributed by atoms with Gasteiger partial charge in [0.05, 0.1) is 19.3 Å². The molecular formula is C25H36O5. The largest absolute Gasteiger partial charge is 0.462 e. The monoisotopic (exact) mass is 416 g/mol. The third-order valence-corrected chi connectivity index (χ3v) is 10.9. The zero-order valence-electron chi connectivity index (χ0n) is 18.8. The average molecular weight is 417 g/mol. The van der Waals surface area contributed by atoms with Crippen LogP contribution in [0.1, 0.15) is 66.2 Å². The van der Waals surface area contributed by atoms with Gasteiger partial charge in [-0.2, -0.15) is 0 Å². The van der Waals surface area contributed by atoms with Gasteiger partial charge in [0.15, 0.2) is 5.79 Å². The molecule has 30 heavy (non-hydrogen) atoms. The van der Waals surface area contributed by atoms with Crippen molar-refractivity contribution in [1.82, 2.24) is 0 Å². The molecular weight excluding hydrogens is 380 g/mol. The summed E-state index contributed by atoms with van der Waals surface area (Å²) in [7, 11) is 0. The summed E-state index contributed by atoms with van der Waals surface area (Å²) in [5.74, 6) is 0.797. The Balaban J connectivity index is 1.43. The Morgan fingerprint density at radius 2 is 1.93 bits per heavy atom. The first kappa shape index (κ1) is 19.8. The maximum Gasteiger partial charge on any atom is 0.302 e. The molecule has 0 radical (unpaired) electrons. The summed E-state index contributed by atoms with van der Waals surface area (Å²) >= 11 is 0. The van der Waals surface area contributed by atoms with Gasteiger partial charge in [-0.1, -0.05) is 25.5 Å². The molecule has 0 aromatic rings. The highest BCUT2D eigenvalue weighted by Crippen LogP contribution is 2.81. The number of ether oxygens (including phenoxy) is 3. The zero-order chi connectivity index (χ0) is 21.1. The van der Waals surface area contributed by atoms with E-state index in [0.29, 0.717) is 31.0 Å². The molecule has 1 aliphatic heterocycles. The van der Waals surface area contributed by atoms with E-state index in [1.807, 2.05) is 0 Å². The number of rotatable bonds is 2. The van der Waals surface area contributed by atoms with E-state index in [4.69, 9.17) is 14.2 Å². The predicted octanol–water partition coefficient (Wildman–Crippen LogP) is 3.84. The van der Waals surface area contributed by atoms with Crippen molar-refractivity contribution in [3.05, 3.63) is 11.6 Å². The third kappa shape index (κ3) is 2.13. The maximum absolute atomic E-state index is 12.2. The van der Waals surface area contributed by atoms with E-state index in [-0.39, 0.29) is 40.3 Å². The van der Waals surface area contributed by atoms with Crippen molar-refractivity contribution in [3.63, 3.8) is 0 Å². The number of fused-ring (bicyclic) bond motifs is 4. The van der Waals surface area contributed by atoms with Crippen LogP contribution in [0.5, 0.6) is 0 Å². The second kappa shape index (κ2) is 5.90. The lowest BCUT2D eigenvalue weighted by Crippen LogP contribution is -2.60. The molecule has 6 rings (SSSR count). The molecule has 166 valence electrons. The molecule has 9 atom stereocenters. The molecule has 5 fully saturated rings. The van der Waals surface area contributed by atoms with E-state index in [1.54, 1.807) is 0 Å². The first-order chi connectivity index (χ1) is 14.2. The lowest BCUT2D eigenvalue weighted by Gasteiger charge is -2.61. The first-order valence-corrected chi connectivity index (χ1v) is 12.0. The quantitative estimate of drug-likeness (QED) is 0.547. The highest BCUT2D eigenvalue weighted by Gasteiger charge is 2.78. The molecule has 0 unspecified atom stereocenters. The molecule has 1 saturated heterocycles. The Labute approximate surface area is 179 Å². The summed E-state index contributed by atoms with van der Waals surface area (Å²) in [5.41, 5.74) is 1.34. The molecule has 6 aliphatic rings. The van der Waals surface area contributed by atoms with Crippen LogP contribution < -0.4 is 0 Å². The Hall–Kier alpha value is -0.910. The number of aliphatic hydroxyl groups is 1. The van der Waals surface area contributed by atoms with E-state index in [0.717, 1.165) is 19.3 Å². The van der Waals surface area contributed by atoms with Gasteiger partial charge in [-0.05, 0) is 68.6 Å². The van der Waals surface area contributed by atoms with Gasteiger partial charge in [-0.15, -0.1) is 0 Å². The number of aliphatic hydroxyl groups excluding tert-OH is 1. The predicted molar refractivity (Wildman–Crippen MR) is 110 cm³/mol. The van der Waals surface area contributed by atoms with Crippen LogP contribution in [0.25, 0.3) is 0 Å². The van der Waals surface area contributed by atoms with Crippen molar-refractivity contribution >= 4 is 5.97 Å². The van der Waals surface area contributed by atoms with E-state index >= 15 is 0 Å². The second-order valence-corrected chi connectivity index (χ2v) is 11.6. The van der Waals surface area contributed by atoms with Crippen LogP contribution in [0.4, 0.5) is 0 Å². The topological polar surface area (TPSA) is 65.0 Å². The molecule has 0 amide bonds. The van der Waals surface area contributed by atoms with Gasteiger partial charge in [0.1, 0.15) is 6.10 Å². The summed E-state index contributed by atoms with van der Waals surface area (Å²) in [4.78, 5) is 12.2. The van der Waals surface area contributed by atoms with E-state index in [2.05, 4.69) is 26.8 Å². The van der Waals surface area contributed by atoms with Gasteiger partial charge in [-0.3, -0.25) is 4.79 Å². The van der Waals surface area contributed by atoms with Gasteiger partial charge in [0.2, 0.25) is 0 Å². The minimum atomic E-state index is -0.647. The molecule has 5 heteroatoms. The number of carbonyl (C=O) groups is 1. The fourth-order valence-electron chi connectivity index (χ4n) is 9.47. The average Bonchev–Trinajstić information content (AvgIpc) is 2.93. The van der Waals surface area contributed by atoms with Crippen molar-refractivity contribution in [3.8, 4) is 0 Å². The van der Waals surface area contributed by atoms with Crippen molar-refractivity contribution in [2.24, 2.45) is 39.9 Å². The zero-order valence-corrected chi connectivity index (χ0v) is 18.8. The van der Waals surface area contributed by atoms with Crippen LogP contribution in [0, 0.1) is 39.9 Å². The van der Waals surface area contributed by atoms with Gasteiger partial charge >= 0.3 is 5.97 Å². The molecule has 5 nitrogen and oxygen atoms in total. The number of carbonyl (C=O) groups excluding carboxylic acids is 1. The number of hydrogen-bond acceptors (Lipinski definition) is 5. The summed E-state index contributed by atoms with van der Waals surface area (Å²) in [6.45, 7) is 9.52. The Morgan fingerprint density at radius 3 is 2.60 bits per heavy atom. The number of allylic oxidation sites excluding steroid dienone is 1. The highest BCUT2D eigenvalue weighted by atomic mass is 16.7. The van der Waals surface area contributed by atoms with Gasteiger partial charge in [-0.25, -0.2) is 0 Å². The number of hydrogen-bond donors (Lipinski definition) is 1. The lowest BCUT2D eigenvalue weighted by atomic mass is 9.46. The molecule has 5 aliphatic carbocycles. The van der Waals surface area contributed by atoms with E-state index in [9.17, 15) is 9.90 Å². The van der Waals surface area contributed by atoms with Crippen molar-refractivity contribution < 1.29 is 24.1 Å². The van der Waals surface area contributed by atoms with Crippen molar-refractivity contribution in [1.29, 1.82) is 0 Å². The summed E-state index contributed by atoms with van der Waals surface area (Å²) in [6, 6.07) is 0. The van der Waals surface area contributed by atoms with Crippen molar-refractivity contribution in [2.75, 3.05) is 13.2 Å². The molecule has 4 saturated carbocycles. The Morgan fingerprint density at radius 1 is 1.20 bits per heavy atom. The molecule has 1 spiro atoms. The highest BCUT2D eigenvalue weighted by molar-refractivity contribution is 5.66. The first-order valence-electron chi connectivity index (χ1n) is 12.0. The van der Waals surface area contributed by atoms with E-state index < -0.39 is 5.79 Å². The second-order valence-electron chi connectivity index (χ2n) is 11.6. The fraction of sp³-hybridized carbons (Fsp3) is 0.880. The van der Waals surface area contributed by atoms with E-state index in [1.165, 1.54) is 31.8 Å². The van der Waals surface area contributed by atoms with Crippen LogP contribution in [-0.2, 0) is 19.0 Å². The molecule has 0 bridgehead atoms. The van der Waals surface area contributed by atoms with Crippen LogP contribution in [0.15, 0.2) is 11.6 Å². The summed E-state index contributed by atoms with van der Waals surface area (Å²) < 4.78 is 18.3. The summed E-state index contributed by atoms with van der Waals surface area (Å²) in [6.07, 6.45) is 8.27. The minimum Gasteiger partial charge on any atom is -0.462 e. The van der Waals surface area contributed by atoms with Gasteiger partial charge < -0.3 is 19.3 Å².